The van der Waals surface area contributed by atoms with Crippen molar-refractivity contribution in [1.82, 2.24) is 4.90 Å². The predicted molar refractivity (Wildman–Crippen MR) is 132 cm³/mol. The molecule has 0 aliphatic carbocycles. The van der Waals surface area contributed by atoms with Gasteiger partial charge in [0.05, 0.1) is 6.04 Å². The van der Waals surface area contributed by atoms with Crippen LogP contribution in [0.15, 0.2) is 66.7 Å². The molecule has 0 spiro atoms. The van der Waals surface area contributed by atoms with Crippen molar-refractivity contribution in [3.05, 3.63) is 100 Å². The highest BCUT2D eigenvalue weighted by molar-refractivity contribution is 6.00. The van der Waals surface area contributed by atoms with Gasteiger partial charge in [-0.1, -0.05) is 72.3 Å². The van der Waals surface area contributed by atoms with E-state index in [1.54, 1.807) is 4.90 Å². The van der Waals surface area contributed by atoms with E-state index in [4.69, 9.17) is 5.73 Å². The summed E-state index contributed by atoms with van der Waals surface area (Å²) in [4.78, 5) is 28.8. The lowest BCUT2D eigenvalue weighted by Gasteiger charge is -2.38. The number of fused-ring (bicyclic) bond motifs is 1. The molecule has 1 unspecified atom stereocenters. The largest absolute Gasteiger partial charge is 0.325 e. The number of benzene rings is 3. The Morgan fingerprint density at radius 2 is 1.64 bits per heavy atom. The number of hydrogen-bond acceptors (Lipinski definition) is 3. The fourth-order valence-corrected chi connectivity index (χ4v) is 4.82. The molecule has 1 aliphatic heterocycles. The van der Waals surface area contributed by atoms with Crippen molar-refractivity contribution in [2.45, 2.75) is 45.7 Å². The smallest absolute Gasteiger partial charge is 0.251 e. The van der Waals surface area contributed by atoms with Gasteiger partial charge in [0, 0.05) is 12.2 Å². The SMILES string of the molecule is Cc1cc(C)c(NC(=O)C2c3ccccc3CCN2C(=O)[C@@H](N)Cc2ccccc2)c(C)c1. The zero-order chi connectivity index (χ0) is 23.5. The van der Waals surface area contributed by atoms with E-state index in [1.807, 2.05) is 75.4 Å². The zero-order valence-electron chi connectivity index (χ0n) is 19.5. The Bertz CT molecular complexity index is 1150. The summed E-state index contributed by atoms with van der Waals surface area (Å²) in [6.07, 6.45) is 1.13. The normalized spacial score (nSPS) is 16.1. The third-order valence-corrected chi connectivity index (χ3v) is 6.36. The van der Waals surface area contributed by atoms with Crippen molar-refractivity contribution in [2.75, 3.05) is 11.9 Å². The summed E-state index contributed by atoms with van der Waals surface area (Å²) in [6.45, 7) is 6.48. The molecule has 3 aromatic rings. The van der Waals surface area contributed by atoms with Gasteiger partial charge < -0.3 is 16.0 Å². The summed E-state index contributed by atoms with van der Waals surface area (Å²) in [6, 6.07) is 20.3. The molecule has 170 valence electrons. The van der Waals surface area contributed by atoms with E-state index in [-0.39, 0.29) is 11.8 Å². The molecule has 0 aromatic heterocycles. The first-order valence-electron chi connectivity index (χ1n) is 11.4. The van der Waals surface area contributed by atoms with Crippen LogP contribution in [0.1, 0.15) is 39.4 Å². The summed E-state index contributed by atoms with van der Waals surface area (Å²) in [5.41, 5.74) is 13.3. The Balaban J connectivity index is 1.64. The monoisotopic (exact) mass is 441 g/mol. The van der Waals surface area contributed by atoms with E-state index < -0.39 is 12.1 Å². The van der Waals surface area contributed by atoms with Crippen LogP contribution in [0, 0.1) is 20.8 Å². The van der Waals surface area contributed by atoms with E-state index in [9.17, 15) is 9.59 Å². The van der Waals surface area contributed by atoms with Crippen molar-refractivity contribution < 1.29 is 9.59 Å². The highest BCUT2D eigenvalue weighted by Crippen LogP contribution is 2.32. The molecule has 3 N–H and O–H groups in total. The number of amides is 2. The van der Waals surface area contributed by atoms with Gasteiger partial charge in [-0.3, -0.25) is 9.59 Å². The molecule has 0 saturated carbocycles. The average Bonchev–Trinajstić information content (AvgIpc) is 2.80. The molecule has 1 aliphatic rings. The molecule has 2 amide bonds. The molecule has 0 saturated heterocycles. The molecule has 0 radical (unpaired) electrons. The second kappa shape index (κ2) is 9.59. The van der Waals surface area contributed by atoms with Gasteiger partial charge in [-0.05, 0) is 61.4 Å². The third kappa shape index (κ3) is 4.83. The van der Waals surface area contributed by atoms with E-state index in [1.165, 1.54) is 0 Å². The number of anilines is 1. The Labute approximate surface area is 195 Å². The molecule has 0 fully saturated rings. The van der Waals surface area contributed by atoms with Crippen molar-refractivity contribution >= 4 is 17.5 Å². The van der Waals surface area contributed by atoms with Gasteiger partial charge in [-0.25, -0.2) is 0 Å². The van der Waals surface area contributed by atoms with E-state index >= 15 is 0 Å². The number of nitrogens with two attached hydrogens (primary N) is 1. The zero-order valence-corrected chi connectivity index (χ0v) is 19.5. The number of carbonyl (C=O) groups excluding carboxylic acids is 2. The van der Waals surface area contributed by atoms with Gasteiger partial charge >= 0.3 is 0 Å². The molecule has 0 bridgehead atoms. The van der Waals surface area contributed by atoms with E-state index in [0.717, 1.165) is 39.1 Å². The van der Waals surface area contributed by atoms with Crippen LogP contribution in [-0.2, 0) is 22.4 Å². The van der Waals surface area contributed by atoms with Gasteiger partial charge in [0.15, 0.2) is 0 Å². The van der Waals surface area contributed by atoms with Crippen molar-refractivity contribution in [2.24, 2.45) is 5.73 Å². The molecule has 1 heterocycles. The number of rotatable bonds is 5. The third-order valence-electron chi connectivity index (χ3n) is 6.36. The molecule has 3 aromatic carbocycles. The minimum absolute atomic E-state index is 0.203. The fraction of sp³-hybridized carbons (Fsp3) is 0.286. The molecule has 4 rings (SSSR count). The summed E-state index contributed by atoms with van der Waals surface area (Å²) in [5.74, 6) is -0.414. The highest BCUT2D eigenvalue weighted by Gasteiger charge is 2.37. The van der Waals surface area contributed by atoms with Gasteiger partial charge in [0.1, 0.15) is 6.04 Å². The summed E-state index contributed by atoms with van der Waals surface area (Å²) in [7, 11) is 0. The highest BCUT2D eigenvalue weighted by atomic mass is 16.2. The fourth-order valence-electron chi connectivity index (χ4n) is 4.82. The van der Waals surface area contributed by atoms with Gasteiger partial charge in [0.2, 0.25) is 5.91 Å². The topological polar surface area (TPSA) is 75.4 Å². The number of carbonyl (C=O) groups is 2. The van der Waals surface area contributed by atoms with Gasteiger partial charge in [0.25, 0.3) is 5.91 Å². The Kier molecular flexibility index (Phi) is 6.61. The second-order valence-electron chi connectivity index (χ2n) is 8.94. The molecule has 5 nitrogen and oxygen atoms in total. The number of nitrogens with zero attached hydrogens (tertiary/aromatic N) is 1. The van der Waals surface area contributed by atoms with E-state index in [0.29, 0.717) is 19.4 Å². The van der Waals surface area contributed by atoms with Crippen LogP contribution in [0.2, 0.25) is 0 Å². The minimum atomic E-state index is -0.718. The number of nitrogens with one attached hydrogen (secondary N) is 1. The lowest BCUT2D eigenvalue weighted by Crippen LogP contribution is -2.51. The Morgan fingerprint density at radius 3 is 2.33 bits per heavy atom. The number of hydrogen-bond donors (Lipinski definition) is 2. The van der Waals surface area contributed by atoms with Crippen LogP contribution in [0.25, 0.3) is 0 Å². The maximum atomic E-state index is 13.7. The molecule has 33 heavy (non-hydrogen) atoms. The first-order chi connectivity index (χ1) is 15.8. The quantitative estimate of drug-likeness (QED) is 0.622. The van der Waals surface area contributed by atoms with Gasteiger partial charge in [-0.2, -0.15) is 0 Å². The van der Waals surface area contributed by atoms with Crippen LogP contribution >= 0.6 is 0 Å². The predicted octanol–water partition coefficient (Wildman–Crippen LogP) is 4.25. The molecule has 5 heteroatoms. The molecular formula is C28H31N3O2. The molecular weight excluding hydrogens is 410 g/mol. The number of aryl methyl sites for hydroxylation is 3. The van der Waals surface area contributed by atoms with Crippen LogP contribution in [0.4, 0.5) is 5.69 Å². The van der Waals surface area contributed by atoms with Crippen molar-refractivity contribution in [1.29, 1.82) is 0 Å². The average molecular weight is 442 g/mol. The lowest BCUT2D eigenvalue weighted by molar-refractivity contribution is -0.140. The standard InChI is InChI=1S/C28H31N3O2/c1-18-15-19(2)25(20(3)16-18)30-27(32)26-23-12-8-7-11-22(23)13-14-31(26)28(33)24(29)17-21-9-5-4-6-10-21/h4-12,15-16,24,26H,13-14,17,29H2,1-3H3,(H,30,32)/t24-,26?/m0/s1. The van der Waals surface area contributed by atoms with E-state index in [2.05, 4.69) is 17.4 Å². The molecule has 2 atom stereocenters. The van der Waals surface area contributed by atoms with Crippen molar-refractivity contribution in [3.8, 4) is 0 Å². The van der Waals surface area contributed by atoms with Crippen LogP contribution in [-0.4, -0.2) is 29.3 Å². The second-order valence-corrected chi connectivity index (χ2v) is 8.94. The Morgan fingerprint density at radius 1 is 1.00 bits per heavy atom. The maximum absolute atomic E-state index is 13.7. The Hall–Kier alpha value is -3.44. The van der Waals surface area contributed by atoms with Crippen LogP contribution in [0.3, 0.4) is 0 Å². The van der Waals surface area contributed by atoms with Gasteiger partial charge in [-0.15, -0.1) is 0 Å². The lowest BCUT2D eigenvalue weighted by atomic mass is 9.90. The summed E-state index contributed by atoms with van der Waals surface area (Å²) >= 11 is 0. The van der Waals surface area contributed by atoms with Crippen LogP contribution < -0.4 is 11.1 Å². The first kappa shape index (κ1) is 22.7. The van der Waals surface area contributed by atoms with Crippen LogP contribution in [0.5, 0.6) is 0 Å². The minimum Gasteiger partial charge on any atom is -0.325 e. The first-order valence-corrected chi connectivity index (χ1v) is 11.4. The maximum Gasteiger partial charge on any atom is 0.251 e. The summed E-state index contributed by atoms with van der Waals surface area (Å²) < 4.78 is 0. The summed E-state index contributed by atoms with van der Waals surface area (Å²) in [5, 5.41) is 3.12. The van der Waals surface area contributed by atoms with Crippen molar-refractivity contribution in [3.63, 3.8) is 0 Å².